The lowest BCUT2D eigenvalue weighted by Crippen LogP contribution is -2.39. The molecule has 0 radical (unpaired) electrons. The number of rotatable bonds is 5. The third kappa shape index (κ3) is 4.95. The summed E-state index contributed by atoms with van der Waals surface area (Å²) in [6.07, 6.45) is -4.83. The van der Waals surface area contributed by atoms with Crippen LogP contribution in [0.15, 0.2) is 12.1 Å². The minimum absolute atomic E-state index is 0.0685. The van der Waals surface area contributed by atoms with E-state index in [4.69, 9.17) is 23.2 Å². The van der Waals surface area contributed by atoms with Crippen molar-refractivity contribution in [3.63, 3.8) is 0 Å². The number of anilines is 1. The van der Waals surface area contributed by atoms with Gasteiger partial charge >= 0.3 is 6.18 Å². The Morgan fingerprint density at radius 3 is 2.07 bits per heavy atom. The molecule has 0 spiro atoms. The SMILES string of the molecule is CCc1cc(Cl)cc(CC)c1NC(=O)c1c(Cl)c(CC(F)(F)F)c(C)[n+]([O-])c1C. The molecule has 1 N–H and O–H groups in total. The topological polar surface area (TPSA) is 56.0 Å². The fourth-order valence-electron chi connectivity index (χ4n) is 3.23. The molecule has 0 unspecified atom stereocenters. The van der Waals surface area contributed by atoms with Crippen LogP contribution in [0.4, 0.5) is 18.9 Å². The maximum atomic E-state index is 13.0. The second-order valence-electron chi connectivity index (χ2n) is 6.68. The fraction of sp³-hybridized carbons (Fsp3) is 0.400. The number of aromatic nitrogens is 1. The van der Waals surface area contributed by atoms with Crippen LogP contribution in [0.2, 0.25) is 10.0 Å². The first-order valence-corrected chi connectivity index (χ1v) is 9.77. The number of pyridine rings is 1. The highest BCUT2D eigenvalue weighted by Gasteiger charge is 2.35. The summed E-state index contributed by atoms with van der Waals surface area (Å²) in [5.74, 6) is -0.743. The monoisotopic (exact) mass is 448 g/mol. The molecule has 1 amide bonds. The van der Waals surface area contributed by atoms with Crippen LogP contribution in [0.3, 0.4) is 0 Å². The van der Waals surface area contributed by atoms with Crippen molar-refractivity contribution >= 4 is 34.8 Å². The molecule has 0 saturated heterocycles. The normalized spacial score (nSPS) is 11.6. The summed E-state index contributed by atoms with van der Waals surface area (Å²) in [6.45, 7) is 6.37. The maximum absolute atomic E-state index is 13.0. The molecule has 1 aromatic carbocycles. The van der Waals surface area contributed by atoms with Crippen LogP contribution < -0.4 is 10.0 Å². The number of nitrogens with one attached hydrogen (secondary N) is 1. The van der Waals surface area contributed by atoms with E-state index >= 15 is 0 Å². The third-order valence-electron chi connectivity index (χ3n) is 4.76. The highest BCUT2D eigenvalue weighted by molar-refractivity contribution is 6.35. The molecule has 4 nitrogen and oxygen atoms in total. The number of amides is 1. The Bertz CT molecular complexity index is 935. The van der Waals surface area contributed by atoms with E-state index in [1.807, 2.05) is 13.8 Å². The van der Waals surface area contributed by atoms with Crippen LogP contribution in [-0.4, -0.2) is 12.1 Å². The molecular formula is C20H21Cl2F3N2O2. The molecule has 0 aliphatic rings. The first-order valence-electron chi connectivity index (χ1n) is 9.01. The van der Waals surface area contributed by atoms with Gasteiger partial charge in [0.2, 0.25) is 5.69 Å². The van der Waals surface area contributed by atoms with Crippen molar-refractivity contribution in [2.45, 2.75) is 53.1 Å². The first-order chi connectivity index (χ1) is 13.4. The van der Waals surface area contributed by atoms with Gasteiger partial charge in [0.15, 0.2) is 5.69 Å². The van der Waals surface area contributed by atoms with Gasteiger partial charge < -0.3 is 10.5 Å². The highest BCUT2D eigenvalue weighted by Crippen LogP contribution is 2.33. The number of carbonyl (C=O) groups is 1. The minimum atomic E-state index is -4.58. The average Bonchev–Trinajstić information content (AvgIpc) is 2.63. The van der Waals surface area contributed by atoms with Crippen molar-refractivity contribution in [1.82, 2.24) is 0 Å². The second kappa shape index (κ2) is 8.79. The molecule has 0 bridgehead atoms. The zero-order chi connectivity index (χ0) is 22.1. The Kier molecular flexibility index (Phi) is 7.06. The van der Waals surface area contributed by atoms with E-state index in [1.54, 1.807) is 12.1 Å². The van der Waals surface area contributed by atoms with Gasteiger partial charge in [-0.25, -0.2) is 0 Å². The molecular weight excluding hydrogens is 428 g/mol. The first kappa shape index (κ1) is 23.3. The lowest BCUT2D eigenvalue weighted by Gasteiger charge is -2.19. The summed E-state index contributed by atoms with van der Waals surface area (Å²) in [6, 6.07) is 3.42. The van der Waals surface area contributed by atoms with E-state index in [9.17, 15) is 23.2 Å². The second-order valence-corrected chi connectivity index (χ2v) is 7.50. The van der Waals surface area contributed by atoms with Gasteiger partial charge in [-0.1, -0.05) is 37.0 Å². The van der Waals surface area contributed by atoms with Gasteiger partial charge in [-0.15, -0.1) is 0 Å². The Labute approximate surface area is 177 Å². The summed E-state index contributed by atoms with van der Waals surface area (Å²) >= 11 is 12.3. The number of hydrogen-bond acceptors (Lipinski definition) is 2. The zero-order valence-corrected chi connectivity index (χ0v) is 17.9. The van der Waals surface area contributed by atoms with Gasteiger partial charge in [-0.3, -0.25) is 4.79 Å². The summed E-state index contributed by atoms with van der Waals surface area (Å²) in [5, 5.41) is 15.3. The molecule has 2 aromatic rings. The summed E-state index contributed by atoms with van der Waals surface area (Å²) in [4.78, 5) is 13.0. The molecule has 0 aliphatic carbocycles. The third-order valence-corrected chi connectivity index (χ3v) is 5.40. The van der Waals surface area contributed by atoms with Crippen LogP contribution in [0.25, 0.3) is 0 Å². The molecule has 9 heteroatoms. The molecule has 0 aliphatic heterocycles. The molecule has 29 heavy (non-hydrogen) atoms. The van der Waals surface area contributed by atoms with Gasteiger partial charge in [0.1, 0.15) is 5.56 Å². The van der Waals surface area contributed by atoms with Crippen LogP contribution in [0, 0.1) is 19.1 Å². The molecule has 0 fully saturated rings. The smallest absolute Gasteiger partial charge is 0.393 e. The van der Waals surface area contributed by atoms with Crippen molar-refractivity contribution in [2.24, 2.45) is 0 Å². The molecule has 2 rings (SSSR count). The Balaban J connectivity index is 2.60. The van der Waals surface area contributed by atoms with E-state index in [0.717, 1.165) is 11.1 Å². The van der Waals surface area contributed by atoms with Gasteiger partial charge in [0.25, 0.3) is 5.91 Å². The van der Waals surface area contributed by atoms with E-state index < -0.39 is 24.1 Å². The summed E-state index contributed by atoms with van der Waals surface area (Å²) in [7, 11) is 0. The quantitative estimate of drug-likeness (QED) is 0.469. The highest BCUT2D eigenvalue weighted by atomic mass is 35.5. The number of halogens is 5. The number of nitrogens with zero attached hydrogens (tertiary/aromatic N) is 1. The molecule has 1 heterocycles. The van der Waals surface area contributed by atoms with E-state index in [1.165, 1.54) is 13.8 Å². The summed E-state index contributed by atoms with van der Waals surface area (Å²) in [5.41, 5.74) is 1.13. The van der Waals surface area contributed by atoms with Gasteiger partial charge in [-0.05, 0) is 36.1 Å². The van der Waals surface area contributed by atoms with Crippen LogP contribution in [-0.2, 0) is 19.3 Å². The number of benzene rings is 1. The zero-order valence-electron chi connectivity index (χ0n) is 16.4. The van der Waals surface area contributed by atoms with Gasteiger partial charge in [-0.2, -0.15) is 17.9 Å². The lowest BCUT2D eigenvalue weighted by atomic mass is 10.0. The van der Waals surface area contributed by atoms with Crippen molar-refractivity contribution < 1.29 is 22.7 Å². The van der Waals surface area contributed by atoms with Crippen LogP contribution in [0.1, 0.15) is 52.3 Å². The Morgan fingerprint density at radius 2 is 1.62 bits per heavy atom. The lowest BCUT2D eigenvalue weighted by molar-refractivity contribution is -0.619. The van der Waals surface area contributed by atoms with Gasteiger partial charge in [0, 0.05) is 30.1 Å². The molecule has 0 atom stereocenters. The van der Waals surface area contributed by atoms with Crippen molar-refractivity contribution in [3.8, 4) is 0 Å². The number of alkyl halides is 3. The van der Waals surface area contributed by atoms with Gasteiger partial charge in [0.05, 0.1) is 11.4 Å². The standard InChI is InChI=1S/C20H21Cl2F3N2O2/c1-5-12-7-14(21)8-13(6-2)18(12)26-19(28)16-11(4)27(29)10(3)15(17(16)22)9-20(23,24)25/h7-8H,5-6,9H2,1-4H3,(H,26,28). The van der Waals surface area contributed by atoms with Crippen LogP contribution in [0.5, 0.6) is 0 Å². The minimum Gasteiger partial charge on any atom is -0.618 e. The van der Waals surface area contributed by atoms with Crippen molar-refractivity contribution in [2.75, 3.05) is 5.32 Å². The van der Waals surface area contributed by atoms with E-state index in [2.05, 4.69) is 5.32 Å². The molecule has 0 saturated carbocycles. The number of hydrogen-bond donors (Lipinski definition) is 1. The Hall–Kier alpha value is -1.99. The predicted octanol–water partition coefficient (Wildman–Crippen LogP) is 5.73. The fourth-order valence-corrected chi connectivity index (χ4v) is 3.92. The summed E-state index contributed by atoms with van der Waals surface area (Å²) < 4.78 is 39.2. The Morgan fingerprint density at radius 1 is 1.10 bits per heavy atom. The van der Waals surface area contributed by atoms with E-state index in [-0.39, 0.29) is 22.0 Å². The van der Waals surface area contributed by atoms with Crippen LogP contribution >= 0.6 is 23.2 Å². The average molecular weight is 449 g/mol. The maximum Gasteiger partial charge on any atom is 0.393 e. The van der Waals surface area contributed by atoms with Crippen molar-refractivity contribution in [3.05, 3.63) is 61.0 Å². The van der Waals surface area contributed by atoms with Crippen molar-refractivity contribution in [1.29, 1.82) is 0 Å². The number of aryl methyl sites for hydroxylation is 2. The number of carbonyl (C=O) groups excluding carboxylic acids is 1. The molecule has 158 valence electrons. The molecule has 1 aromatic heterocycles. The largest absolute Gasteiger partial charge is 0.618 e. The predicted molar refractivity (Wildman–Crippen MR) is 108 cm³/mol. The van der Waals surface area contributed by atoms with E-state index in [0.29, 0.717) is 28.3 Å².